The molecule has 1 aromatic carbocycles. The Kier molecular flexibility index (Phi) is 4.95. The highest BCUT2D eigenvalue weighted by Crippen LogP contribution is 2.18. The zero-order chi connectivity index (χ0) is 15.9. The number of para-hydroxylation sites is 1. The van der Waals surface area contributed by atoms with Crippen molar-refractivity contribution in [2.45, 2.75) is 11.6 Å². The maximum absolute atomic E-state index is 11.9. The lowest BCUT2D eigenvalue weighted by atomic mass is 10.3. The molecular weight excluding hydrogens is 312 g/mol. The molecule has 0 spiro atoms. The average molecular weight is 326 g/mol. The van der Waals surface area contributed by atoms with Gasteiger partial charge in [-0.1, -0.05) is 30.0 Å². The highest BCUT2D eigenvalue weighted by atomic mass is 32.2. The molecule has 0 saturated carbocycles. The van der Waals surface area contributed by atoms with Gasteiger partial charge in [0, 0.05) is 30.3 Å². The van der Waals surface area contributed by atoms with Crippen molar-refractivity contribution in [3.8, 4) is 5.69 Å². The Labute approximate surface area is 137 Å². The van der Waals surface area contributed by atoms with E-state index in [2.05, 4.69) is 25.8 Å². The third-order valence-electron chi connectivity index (χ3n) is 2.97. The topological polar surface area (TPSA) is 85.6 Å². The van der Waals surface area contributed by atoms with Crippen molar-refractivity contribution in [3.05, 3.63) is 54.9 Å². The van der Waals surface area contributed by atoms with Gasteiger partial charge in [-0.25, -0.2) is 0 Å². The van der Waals surface area contributed by atoms with Gasteiger partial charge < -0.3 is 5.32 Å². The first kappa shape index (κ1) is 15.2. The number of anilines is 1. The van der Waals surface area contributed by atoms with E-state index in [1.807, 2.05) is 30.3 Å². The Morgan fingerprint density at radius 3 is 2.70 bits per heavy atom. The van der Waals surface area contributed by atoms with Gasteiger partial charge >= 0.3 is 0 Å². The Morgan fingerprint density at radius 1 is 1.13 bits per heavy atom. The van der Waals surface area contributed by atoms with Crippen molar-refractivity contribution in [1.29, 1.82) is 0 Å². The molecule has 0 aliphatic carbocycles. The van der Waals surface area contributed by atoms with Gasteiger partial charge in [-0.05, 0) is 34.7 Å². The van der Waals surface area contributed by atoms with Crippen LogP contribution in [0.5, 0.6) is 0 Å². The van der Waals surface area contributed by atoms with Crippen LogP contribution in [0.25, 0.3) is 5.69 Å². The second-order valence-corrected chi connectivity index (χ2v) is 5.65. The summed E-state index contributed by atoms with van der Waals surface area (Å²) in [4.78, 5) is 15.8. The van der Waals surface area contributed by atoms with E-state index in [1.54, 1.807) is 29.2 Å². The third kappa shape index (κ3) is 4.13. The number of nitrogens with one attached hydrogen (secondary N) is 1. The van der Waals surface area contributed by atoms with E-state index < -0.39 is 0 Å². The molecule has 0 atom stereocenters. The molecule has 0 unspecified atom stereocenters. The van der Waals surface area contributed by atoms with Gasteiger partial charge in [0.2, 0.25) is 11.1 Å². The van der Waals surface area contributed by atoms with E-state index in [0.29, 0.717) is 17.3 Å². The largest absolute Gasteiger partial charge is 0.326 e. The molecule has 0 bridgehead atoms. The minimum Gasteiger partial charge on any atom is -0.326 e. The molecule has 2 heterocycles. The summed E-state index contributed by atoms with van der Waals surface area (Å²) in [7, 11) is 0. The SMILES string of the molecule is O=C(CCSc1nnnn1-c1ccccc1)Nc1ccncc1. The zero-order valence-electron chi connectivity index (χ0n) is 12.2. The van der Waals surface area contributed by atoms with Gasteiger partial charge in [-0.15, -0.1) is 5.10 Å². The molecule has 3 aromatic rings. The van der Waals surface area contributed by atoms with Crippen LogP contribution in [0.3, 0.4) is 0 Å². The highest BCUT2D eigenvalue weighted by Gasteiger charge is 2.10. The molecule has 0 radical (unpaired) electrons. The van der Waals surface area contributed by atoms with E-state index in [9.17, 15) is 4.79 Å². The summed E-state index contributed by atoms with van der Waals surface area (Å²) in [6.45, 7) is 0. The predicted molar refractivity (Wildman–Crippen MR) is 87.4 cm³/mol. The number of pyridine rings is 1. The summed E-state index contributed by atoms with van der Waals surface area (Å²) in [5.41, 5.74) is 1.63. The number of aromatic nitrogens is 5. The van der Waals surface area contributed by atoms with Crippen LogP contribution in [-0.2, 0) is 4.79 Å². The third-order valence-corrected chi connectivity index (χ3v) is 3.89. The van der Waals surface area contributed by atoms with Crippen molar-refractivity contribution < 1.29 is 4.79 Å². The predicted octanol–water partition coefficient (Wildman–Crippen LogP) is 2.18. The monoisotopic (exact) mass is 326 g/mol. The molecule has 0 aliphatic heterocycles. The molecule has 23 heavy (non-hydrogen) atoms. The van der Waals surface area contributed by atoms with Gasteiger partial charge in [-0.3, -0.25) is 9.78 Å². The number of thioether (sulfide) groups is 1. The number of hydrogen-bond acceptors (Lipinski definition) is 6. The Balaban J connectivity index is 1.54. The molecule has 0 aliphatic rings. The summed E-state index contributed by atoms with van der Waals surface area (Å²) in [6, 6.07) is 13.1. The van der Waals surface area contributed by atoms with Crippen LogP contribution in [0.4, 0.5) is 5.69 Å². The second kappa shape index (κ2) is 7.50. The van der Waals surface area contributed by atoms with Gasteiger partial charge in [0.1, 0.15) is 0 Å². The summed E-state index contributed by atoms with van der Waals surface area (Å²) in [6.07, 6.45) is 3.64. The smallest absolute Gasteiger partial charge is 0.225 e. The maximum atomic E-state index is 11.9. The van der Waals surface area contributed by atoms with E-state index in [4.69, 9.17) is 0 Å². The van der Waals surface area contributed by atoms with Crippen LogP contribution in [0.2, 0.25) is 0 Å². The molecule has 1 amide bonds. The van der Waals surface area contributed by atoms with Gasteiger partial charge in [0.05, 0.1) is 5.69 Å². The maximum Gasteiger partial charge on any atom is 0.225 e. The molecule has 0 fully saturated rings. The zero-order valence-corrected chi connectivity index (χ0v) is 13.0. The van der Waals surface area contributed by atoms with Crippen LogP contribution >= 0.6 is 11.8 Å². The van der Waals surface area contributed by atoms with Gasteiger partial charge in [-0.2, -0.15) is 4.68 Å². The van der Waals surface area contributed by atoms with E-state index in [-0.39, 0.29) is 5.91 Å². The number of benzene rings is 1. The van der Waals surface area contributed by atoms with Crippen LogP contribution in [0.1, 0.15) is 6.42 Å². The number of hydrogen-bond donors (Lipinski definition) is 1. The van der Waals surface area contributed by atoms with E-state index in [1.165, 1.54) is 11.8 Å². The number of tetrazole rings is 1. The van der Waals surface area contributed by atoms with Crippen molar-refractivity contribution in [1.82, 2.24) is 25.2 Å². The van der Waals surface area contributed by atoms with Crippen LogP contribution in [0.15, 0.2) is 60.0 Å². The summed E-state index contributed by atoms with van der Waals surface area (Å²) >= 11 is 1.44. The average Bonchev–Trinajstić information content (AvgIpc) is 3.05. The van der Waals surface area contributed by atoms with E-state index >= 15 is 0 Å². The van der Waals surface area contributed by atoms with Crippen molar-refractivity contribution in [2.24, 2.45) is 0 Å². The number of rotatable bonds is 6. The Morgan fingerprint density at radius 2 is 1.91 bits per heavy atom. The van der Waals surface area contributed by atoms with Gasteiger partial charge in [0.15, 0.2) is 0 Å². The number of nitrogens with zero attached hydrogens (tertiary/aromatic N) is 5. The lowest BCUT2D eigenvalue weighted by molar-refractivity contribution is -0.115. The fraction of sp³-hybridized carbons (Fsp3) is 0.133. The first-order valence-corrected chi connectivity index (χ1v) is 7.98. The normalized spacial score (nSPS) is 10.4. The number of carbonyl (C=O) groups excluding carboxylic acids is 1. The number of amides is 1. The fourth-order valence-electron chi connectivity index (χ4n) is 1.89. The molecule has 2 aromatic heterocycles. The van der Waals surface area contributed by atoms with Crippen LogP contribution < -0.4 is 5.32 Å². The summed E-state index contributed by atoms with van der Waals surface area (Å²) < 4.78 is 1.66. The lowest BCUT2D eigenvalue weighted by Gasteiger charge is -2.05. The molecule has 1 N–H and O–H groups in total. The fourth-order valence-corrected chi connectivity index (χ4v) is 2.72. The second-order valence-electron chi connectivity index (χ2n) is 4.59. The first-order valence-electron chi connectivity index (χ1n) is 6.99. The lowest BCUT2D eigenvalue weighted by Crippen LogP contribution is -2.12. The molecule has 3 rings (SSSR count). The van der Waals surface area contributed by atoms with Crippen LogP contribution in [0, 0.1) is 0 Å². The minimum atomic E-state index is -0.0533. The standard InChI is InChI=1S/C15H14N6OS/c22-14(17-12-6-9-16-10-7-12)8-11-23-15-18-19-20-21(15)13-4-2-1-3-5-13/h1-7,9-10H,8,11H2,(H,16,17,22). The van der Waals surface area contributed by atoms with E-state index in [0.717, 1.165) is 11.4 Å². The quantitative estimate of drug-likeness (QED) is 0.699. The van der Waals surface area contributed by atoms with Crippen LogP contribution in [-0.4, -0.2) is 36.9 Å². The molecular formula is C15H14N6OS. The Bertz CT molecular complexity index is 762. The molecule has 7 nitrogen and oxygen atoms in total. The molecule has 0 saturated heterocycles. The molecule has 116 valence electrons. The van der Waals surface area contributed by atoms with Crippen molar-refractivity contribution in [2.75, 3.05) is 11.1 Å². The molecule has 8 heteroatoms. The minimum absolute atomic E-state index is 0.0533. The highest BCUT2D eigenvalue weighted by molar-refractivity contribution is 7.99. The first-order chi connectivity index (χ1) is 11.3. The van der Waals surface area contributed by atoms with Crippen molar-refractivity contribution >= 4 is 23.4 Å². The summed E-state index contributed by atoms with van der Waals surface area (Å²) in [5.74, 6) is 0.534. The Hall–Kier alpha value is -2.74. The van der Waals surface area contributed by atoms with Gasteiger partial charge in [0.25, 0.3) is 0 Å². The van der Waals surface area contributed by atoms with Crippen molar-refractivity contribution in [3.63, 3.8) is 0 Å². The number of carbonyl (C=O) groups is 1. The summed E-state index contributed by atoms with van der Waals surface area (Å²) in [5, 5.41) is 15.2.